The van der Waals surface area contributed by atoms with Crippen molar-refractivity contribution in [3.8, 4) is 5.75 Å². The van der Waals surface area contributed by atoms with E-state index in [-0.39, 0.29) is 25.4 Å². The second-order valence-electron chi connectivity index (χ2n) is 6.16. The number of imide groups is 1. The van der Waals surface area contributed by atoms with Crippen LogP contribution in [0, 0.1) is 0 Å². The molecule has 3 amide bonds. The number of hydrogen-bond donors (Lipinski definition) is 0. The van der Waals surface area contributed by atoms with Crippen molar-refractivity contribution < 1.29 is 18.8 Å². The molecular formula is C19H16BrN3O4. The second kappa shape index (κ2) is 7.03. The van der Waals surface area contributed by atoms with Gasteiger partial charge in [-0.3, -0.25) is 14.6 Å². The highest BCUT2D eigenvalue weighted by atomic mass is 79.9. The van der Waals surface area contributed by atoms with Crippen LogP contribution in [0.4, 0.5) is 10.6 Å². The molecular weight excluding hydrogens is 414 g/mol. The SMILES string of the molecule is COc1ccc(CN2C(=O)CCN(c3noc4ccc(Br)cc34)C2=O)cc1. The summed E-state index contributed by atoms with van der Waals surface area (Å²) in [6.45, 7) is 0.461. The van der Waals surface area contributed by atoms with Crippen molar-refractivity contribution >= 4 is 44.7 Å². The average Bonchev–Trinajstić information content (AvgIpc) is 3.08. The summed E-state index contributed by atoms with van der Waals surface area (Å²) in [5.74, 6) is 0.931. The third-order valence-electron chi connectivity index (χ3n) is 4.48. The van der Waals surface area contributed by atoms with Crippen molar-refractivity contribution in [2.24, 2.45) is 0 Å². The van der Waals surface area contributed by atoms with Crippen molar-refractivity contribution in [2.75, 3.05) is 18.6 Å². The molecule has 0 unspecified atom stereocenters. The van der Waals surface area contributed by atoms with Crippen LogP contribution >= 0.6 is 15.9 Å². The van der Waals surface area contributed by atoms with Crippen LogP contribution < -0.4 is 9.64 Å². The number of amides is 3. The highest BCUT2D eigenvalue weighted by Crippen LogP contribution is 2.31. The van der Waals surface area contributed by atoms with Crippen LogP contribution in [0.15, 0.2) is 51.5 Å². The molecule has 1 fully saturated rings. The molecule has 2 aromatic carbocycles. The molecule has 138 valence electrons. The van der Waals surface area contributed by atoms with Gasteiger partial charge in [0, 0.05) is 17.4 Å². The lowest BCUT2D eigenvalue weighted by molar-refractivity contribution is -0.129. The molecule has 0 N–H and O–H groups in total. The van der Waals surface area contributed by atoms with E-state index in [2.05, 4.69) is 21.1 Å². The number of aromatic nitrogens is 1. The zero-order valence-corrected chi connectivity index (χ0v) is 16.1. The highest BCUT2D eigenvalue weighted by molar-refractivity contribution is 9.10. The fourth-order valence-corrected chi connectivity index (χ4v) is 3.41. The maximum atomic E-state index is 13.0. The van der Waals surface area contributed by atoms with Crippen molar-refractivity contribution in [1.82, 2.24) is 10.1 Å². The van der Waals surface area contributed by atoms with Crippen molar-refractivity contribution in [1.29, 1.82) is 0 Å². The minimum atomic E-state index is -0.405. The maximum absolute atomic E-state index is 13.0. The Morgan fingerprint density at radius 1 is 1.19 bits per heavy atom. The van der Waals surface area contributed by atoms with Gasteiger partial charge in [0.2, 0.25) is 5.91 Å². The summed E-state index contributed by atoms with van der Waals surface area (Å²) < 4.78 is 11.3. The van der Waals surface area contributed by atoms with Gasteiger partial charge in [0.15, 0.2) is 11.4 Å². The zero-order valence-electron chi connectivity index (χ0n) is 14.5. The van der Waals surface area contributed by atoms with E-state index in [0.717, 1.165) is 21.2 Å². The first-order valence-corrected chi connectivity index (χ1v) is 9.16. The van der Waals surface area contributed by atoms with E-state index in [0.29, 0.717) is 11.4 Å². The Balaban J connectivity index is 1.62. The van der Waals surface area contributed by atoms with E-state index in [1.807, 2.05) is 24.3 Å². The van der Waals surface area contributed by atoms with Gasteiger partial charge in [0.25, 0.3) is 0 Å². The molecule has 1 saturated heterocycles. The summed E-state index contributed by atoms with van der Waals surface area (Å²) in [6.07, 6.45) is 0.226. The maximum Gasteiger partial charge on any atom is 0.332 e. The molecule has 7 nitrogen and oxygen atoms in total. The van der Waals surface area contributed by atoms with Gasteiger partial charge in [-0.05, 0) is 35.9 Å². The summed E-state index contributed by atoms with van der Waals surface area (Å²) >= 11 is 3.42. The molecule has 0 saturated carbocycles. The third kappa shape index (κ3) is 3.28. The Bertz CT molecular complexity index is 1020. The lowest BCUT2D eigenvalue weighted by Gasteiger charge is -2.32. The zero-order chi connectivity index (χ0) is 19.0. The standard InChI is InChI=1S/C19H16BrN3O4/c1-26-14-5-2-12(3-6-14)11-23-17(24)8-9-22(19(23)25)18-15-10-13(20)4-7-16(15)27-21-18/h2-7,10H,8-9,11H2,1H3. The van der Waals surface area contributed by atoms with Crippen LogP contribution in [-0.4, -0.2) is 35.6 Å². The van der Waals surface area contributed by atoms with E-state index >= 15 is 0 Å². The Kier molecular flexibility index (Phi) is 4.57. The second-order valence-corrected chi connectivity index (χ2v) is 7.07. The number of halogens is 1. The van der Waals surface area contributed by atoms with Gasteiger partial charge < -0.3 is 9.26 Å². The third-order valence-corrected chi connectivity index (χ3v) is 4.97. The predicted octanol–water partition coefficient (Wildman–Crippen LogP) is 3.96. The Hall–Kier alpha value is -2.87. The van der Waals surface area contributed by atoms with Gasteiger partial charge in [0.05, 0.1) is 19.0 Å². The van der Waals surface area contributed by atoms with Gasteiger partial charge in [0.1, 0.15) is 5.75 Å². The van der Waals surface area contributed by atoms with Crippen LogP contribution in [0.1, 0.15) is 12.0 Å². The molecule has 27 heavy (non-hydrogen) atoms. The number of anilines is 1. The number of fused-ring (bicyclic) bond motifs is 1. The molecule has 3 aromatic rings. The van der Waals surface area contributed by atoms with E-state index < -0.39 is 6.03 Å². The molecule has 0 aliphatic carbocycles. The fraction of sp³-hybridized carbons (Fsp3) is 0.211. The lowest BCUT2D eigenvalue weighted by atomic mass is 10.1. The highest BCUT2D eigenvalue weighted by Gasteiger charge is 2.35. The Morgan fingerprint density at radius 3 is 2.70 bits per heavy atom. The number of methoxy groups -OCH3 is 1. The van der Waals surface area contributed by atoms with Crippen LogP contribution in [0.2, 0.25) is 0 Å². The van der Waals surface area contributed by atoms with E-state index in [4.69, 9.17) is 9.26 Å². The topological polar surface area (TPSA) is 75.9 Å². The molecule has 1 aliphatic heterocycles. The van der Waals surface area contributed by atoms with Crippen molar-refractivity contribution in [3.63, 3.8) is 0 Å². The minimum Gasteiger partial charge on any atom is -0.497 e. The molecule has 4 rings (SSSR count). The van der Waals surface area contributed by atoms with Crippen molar-refractivity contribution in [2.45, 2.75) is 13.0 Å². The van der Waals surface area contributed by atoms with Gasteiger partial charge in [-0.25, -0.2) is 4.79 Å². The number of carbonyl (C=O) groups is 2. The molecule has 0 atom stereocenters. The molecule has 0 spiro atoms. The number of urea groups is 1. The molecule has 1 aliphatic rings. The monoisotopic (exact) mass is 429 g/mol. The molecule has 2 heterocycles. The first kappa shape index (κ1) is 17.5. The summed E-state index contributed by atoms with van der Waals surface area (Å²) in [5, 5.41) is 4.77. The number of hydrogen-bond acceptors (Lipinski definition) is 5. The predicted molar refractivity (Wildman–Crippen MR) is 103 cm³/mol. The van der Waals surface area contributed by atoms with Gasteiger partial charge in [-0.15, -0.1) is 0 Å². The Labute approximate surface area is 163 Å². The fourth-order valence-electron chi connectivity index (χ4n) is 3.05. The van der Waals surface area contributed by atoms with Gasteiger partial charge in [-0.1, -0.05) is 33.2 Å². The Morgan fingerprint density at radius 2 is 1.96 bits per heavy atom. The summed E-state index contributed by atoms with van der Waals surface area (Å²) in [5.41, 5.74) is 1.42. The number of ether oxygens (including phenoxy) is 1. The molecule has 0 bridgehead atoms. The van der Waals surface area contributed by atoms with E-state index in [1.165, 1.54) is 9.80 Å². The van der Waals surface area contributed by atoms with Crippen LogP contribution in [0.5, 0.6) is 5.75 Å². The molecule has 1 aromatic heterocycles. The van der Waals surface area contributed by atoms with Crippen LogP contribution in [0.3, 0.4) is 0 Å². The number of nitrogens with zero attached hydrogens (tertiary/aromatic N) is 3. The number of rotatable bonds is 4. The van der Waals surface area contributed by atoms with Crippen LogP contribution in [0.25, 0.3) is 11.0 Å². The van der Waals surface area contributed by atoms with E-state index in [9.17, 15) is 9.59 Å². The van der Waals surface area contributed by atoms with Gasteiger partial charge in [-0.2, -0.15) is 0 Å². The largest absolute Gasteiger partial charge is 0.497 e. The summed E-state index contributed by atoms with van der Waals surface area (Å²) in [7, 11) is 1.59. The molecule has 0 radical (unpaired) electrons. The summed E-state index contributed by atoms with van der Waals surface area (Å²) in [6, 6.07) is 12.3. The quantitative estimate of drug-likeness (QED) is 0.627. The van der Waals surface area contributed by atoms with E-state index in [1.54, 1.807) is 25.3 Å². The number of benzene rings is 2. The average molecular weight is 430 g/mol. The van der Waals surface area contributed by atoms with Crippen molar-refractivity contribution in [3.05, 3.63) is 52.5 Å². The number of carbonyl (C=O) groups excluding carboxylic acids is 2. The lowest BCUT2D eigenvalue weighted by Crippen LogP contribution is -2.52. The van der Waals surface area contributed by atoms with Gasteiger partial charge >= 0.3 is 6.03 Å². The normalized spacial score (nSPS) is 14.9. The minimum absolute atomic E-state index is 0.192. The first-order chi connectivity index (χ1) is 13.1. The summed E-state index contributed by atoms with van der Waals surface area (Å²) in [4.78, 5) is 28.1. The van der Waals surface area contributed by atoms with Crippen LogP contribution in [-0.2, 0) is 11.3 Å². The smallest absolute Gasteiger partial charge is 0.332 e. The first-order valence-electron chi connectivity index (χ1n) is 8.36. The molecule has 8 heteroatoms.